The van der Waals surface area contributed by atoms with E-state index in [1.165, 1.54) is 0 Å². The summed E-state index contributed by atoms with van der Waals surface area (Å²) in [4.78, 5) is 15.3. The first-order valence-corrected chi connectivity index (χ1v) is 6.68. The van der Waals surface area contributed by atoms with Crippen LogP contribution in [0, 0.1) is 6.92 Å². The summed E-state index contributed by atoms with van der Waals surface area (Å²) in [5.74, 6) is -0.298. The third-order valence-electron chi connectivity index (χ3n) is 2.85. The standard InChI is InChI=1S/C17H19NO2.H2O/c1-12-7-6-10-18-15(12)13-8-5-9-14(11-13)16(19)20-17(2,3)4;/h5-11H,1-4H3;1H2. The molecule has 0 atom stereocenters. The second-order valence-electron chi connectivity index (χ2n) is 5.81. The molecular weight excluding hydrogens is 266 g/mol. The average Bonchev–Trinajstić information content (AvgIpc) is 2.37. The van der Waals surface area contributed by atoms with E-state index in [4.69, 9.17) is 4.74 Å². The minimum Gasteiger partial charge on any atom is -0.870 e. The molecule has 112 valence electrons. The van der Waals surface area contributed by atoms with Crippen molar-refractivity contribution in [2.75, 3.05) is 0 Å². The minimum absolute atomic E-state index is 0. The zero-order valence-electron chi connectivity index (χ0n) is 12.8. The molecular formula is C17H21NO3. The number of H-pyrrole nitrogens is 1. The van der Waals surface area contributed by atoms with Crippen molar-refractivity contribution in [2.24, 2.45) is 0 Å². The van der Waals surface area contributed by atoms with Crippen molar-refractivity contribution in [3.05, 3.63) is 53.7 Å². The van der Waals surface area contributed by atoms with Crippen molar-refractivity contribution in [2.45, 2.75) is 33.3 Å². The van der Waals surface area contributed by atoms with Gasteiger partial charge in [-0.2, -0.15) is 0 Å². The van der Waals surface area contributed by atoms with Crippen molar-refractivity contribution in [3.8, 4) is 11.3 Å². The number of benzene rings is 1. The summed E-state index contributed by atoms with van der Waals surface area (Å²) in [6.07, 6.45) is 1.88. The molecule has 4 nitrogen and oxygen atoms in total. The van der Waals surface area contributed by atoms with Crippen LogP contribution >= 0.6 is 0 Å². The number of aryl methyl sites for hydroxylation is 1. The first-order chi connectivity index (χ1) is 9.37. The van der Waals surface area contributed by atoms with E-state index in [0.29, 0.717) is 5.56 Å². The number of esters is 1. The lowest BCUT2D eigenvalue weighted by Gasteiger charge is -2.19. The first kappa shape index (κ1) is 16.9. The zero-order valence-corrected chi connectivity index (χ0v) is 12.8. The van der Waals surface area contributed by atoms with Gasteiger partial charge in [-0.15, -0.1) is 0 Å². The molecule has 0 radical (unpaired) electrons. The summed E-state index contributed by atoms with van der Waals surface area (Å²) in [7, 11) is 0. The Kier molecular flexibility index (Phi) is 5.22. The molecule has 1 heterocycles. The smallest absolute Gasteiger partial charge is 0.338 e. The molecule has 21 heavy (non-hydrogen) atoms. The number of aromatic nitrogens is 1. The predicted molar refractivity (Wildman–Crippen MR) is 80.3 cm³/mol. The molecule has 0 aliphatic carbocycles. The van der Waals surface area contributed by atoms with Gasteiger partial charge in [-0.1, -0.05) is 6.07 Å². The molecule has 0 fully saturated rings. The Morgan fingerprint density at radius 2 is 1.86 bits per heavy atom. The van der Waals surface area contributed by atoms with Crippen molar-refractivity contribution in [3.63, 3.8) is 0 Å². The van der Waals surface area contributed by atoms with Gasteiger partial charge in [-0.05, 0) is 52.0 Å². The quantitative estimate of drug-likeness (QED) is 0.796. The molecule has 0 saturated carbocycles. The number of ether oxygens (including phenoxy) is 1. The molecule has 0 saturated heterocycles. The number of pyridine rings is 1. The van der Waals surface area contributed by atoms with Crippen LogP contribution in [-0.2, 0) is 4.74 Å². The summed E-state index contributed by atoms with van der Waals surface area (Å²) in [5.41, 5.74) is 3.20. The molecule has 1 aromatic heterocycles. The fraction of sp³-hybridized carbons (Fsp3) is 0.294. The first-order valence-electron chi connectivity index (χ1n) is 6.68. The number of hydrogen-bond acceptors (Lipinski definition) is 3. The second kappa shape index (κ2) is 6.50. The van der Waals surface area contributed by atoms with Gasteiger partial charge in [-0.25, -0.2) is 9.78 Å². The number of carbonyl (C=O) groups excluding carboxylic acids is 1. The van der Waals surface area contributed by atoms with Crippen molar-refractivity contribution in [1.82, 2.24) is 0 Å². The monoisotopic (exact) mass is 287 g/mol. The highest BCUT2D eigenvalue weighted by molar-refractivity contribution is 5.91. The largest absolute Gasteiger partial charge is 0.870 e. The van der Waals surface area contributed by atoms with E-state index >= 15 is 0 Å². The molecule has 2 N–H and O–H groups in total. The van der Waals surface area contributed by atoms with Crippen molar-refractivity contribution < 1.29 is 20.0 Å². The van der Waals surface area contributed by atoms with Gasteiger partial charge in [0, 0.05) is 17.2 Å². The van der Waals surface area contributed by atoms with Gasteiger partial charge in [-0.3, -0.25) is 0 Å². The van der Waals surface area contributed by atoms with Gasteiger partial charge in [0.15, 0.2) is 6.20 Å². The average molecular weight is 287 g/mol. The Morgan fingerprint density at radius 3 is 2.48 bits per heavy atom. The SMILES string of the molecule is Cc1ccc[nH+]c1-c1cccc(C(=O)OC(C)(C)C)c1.[OH-]. The highest BCUT2D eigenvalue weighted by Crippen LogP contribution is 2.20. The predicted octanol–water partition coefficient (Wildman–Crippen LogP) is 3.25. The lowest BCUT2D eigenvalue weighted by molar-refractivity contribution is -0.365. The van der Waals surface area contributed by atoms with Gasteiger partial charge in [0.05, 0.1) is 5.56 Å². The molecule has 4 heteroatoms. The molecule has 2 rings (SSSR count). The Hall–Kier alpha value is -2.20. The number of rotatable bonds is 2. The lowest BCUT2D eigenvalue weighted by Crippen LogP contribution is -2.23. The highest BCUT2D eigenvalue weighted by atomic mass is 16.6. The Morgan fingerprint density at radius 1 is 1.14 bits per heavy atom. The second-order valence-corrected chi connectivity index (χ2v) is 5.81. The van der Waals surface area contributed by atoms with E-state index in [1.54, 1.807) is 6.07 Å². The van der Waals surface area contributed by atoms with Gasteiger partial charge in [0.1, 0.15) is 5.60 Å². The van der Waals surface area contributed by atoms with Gasteiger partial charge in [0.2, 0.25) is 5.69 Å². The maximum atomic E-state index is 12.1. The summed E-state index contributed by atoms with van der Waals surface area (Å²) in [6.45, 7) is 7.63. The van der Waals surface area contributed by atoms with Crippen LogP contribution in [-0.4, -0.2) is 17.0 Å². The van der Waals surface area contributed by atoms with Crippen LogP contribution < -0.4 is 4.98 Å². The number of hydrogen-bond donors (Lipinski definition) is 0. The number of aromatic amines is 1. The minimum atomic E-state index is -0.484. The van der Waals surface area contributed by atoms with Crippen LogP contribution in [0.5, 0.6) is 0 Å². The van der Waals surface area contributed by atoms with E-state index in [-0.39, 0.29) is 11.4 Å². The van der Waals surface area contributed by atoms with Crippen LogP contribution in [0.1, 0.15) is 36.7 Å². The molecule has 0 unspecified atom stereocenters. The molecule has 0 bridgehead atoms. The van der Waals surface area contributed by atoms with Crippen LogP contribution in [0.3, 0.4) is 0 Å². The van der Waals surface area contributed by atoms with E-state index in [9.17, 15) is 4.79 Å². The number of nitrogens with one attached hydrogen (secondary N) is 1. The van der Waals surface area contributed by atoms with Crippen LogP contribution in [0.15, 0.2) is 42.6 Å². The Labute approximate surface area is 125 Å². The van der Waals surface area contributed by atoms with Crippen molar-refractivity contribution in [1.29, 1.82) is 0 Å². The lowest BCUT2D eigenvalue weighted by atomic mass is 10.0. The maximum absolute atomic E-state index is 12.1. The highest BCUT2D eigenvalue weighted by Gasteiger charge is 2.19. The Balaban J connectivity index is 0.00000220. The third kappa shape index (κ3) is 4.39. The molecule has 0 aliphatic rings. The normalized spacial score (nSPS) is 10.7. The van der Waals surface area contributed by atoms with Crippen LogP contribution in [0.2, 0.25) is 0 Å². The summed E-state index contributed by atoms with van der Waals surface area (Å²) < 4.78 is 5.40. The molecule has 0 aliphatic heterocycles. The zero-order chi connectivity index (χ0) is 14.8. The van der Waals surface area contributed by atoms with Crippen LogP contribution in [0.4, 0.5) is 0 Å². The molecule has 1 aromatic carbocycles. The van der Waals surface area contributed by atoms with Gasteiger partial charge in [0.25, 0.3) is 0 Å². The molecule has 0 spiro atoms. The maximum Gasteiger partial charge on any atom is 0.338 e. The molecule has 2 aromatic rings. The van der Waals surface area contributed by atoms with Crippen LogP contribution in [0.25, 0.3) is 11.3 Å². The topological polar surface area (TPSA) is 70.4 Å². The fourth-order valence-electron chi connectivity index (χ4n) is 1.97. The molecule has 0 amide bonds. The fourth-order valence-corrected chi connectivity index (χ4v) is 1.97. The summed E-state index contributed by atoms with van der Waals surface area (Å²) in [6, 6.07) is 11.5. The van der Waals surface area contributed by atoms with Crippen molar-refractivity contribution >= 4 is 5.97 Å². The van der Waals surface area contributed by atoms with E-state index in [2.05, 4.69) is 4.98 Å². The number of carbonyl (C=O) groups is 1. The summed E-state index contributed by atoms with van der Waals surface area (Å²) in [5, 5.41) is 0. The summed E-state index contributed by atoms with van der Waals surface area (Å²) >= 11 is 0. The Bertz CT molecular complexity index is 630. The van der Waals surface area contributed by atoms with Gasteiger partial charge >= 0.3 is 5.97 Å². The van der Waals surface area contributed by atoms with E-state index < -0.39 is 5.60 Å². The van der Waals surface area contributed by atoms with E-state index in [0.717, 1.165) is 16.8 Å². The third-order valence-corrected chi connectivity index (χ3v) is 2.85. The van der Waals surface area contributed by atoms with E-state index in [1.807, 2.05) is 64.2 Å². The van der Waals surface area contributed by atoms with Gasteiger partial charge < -0.3 is 10.2 Å².